The standard InChI is InChI=1S/C23H30N4O2/c1-24-23(25-14-13-18-9-11-21(29-2)12-10-18)26-16-19-5-7-20(8-6-19)17-27-15-3-4-22(27)28/h5-12H,3-4,13-17H2,1-2H3,(H2,24,25,26). The van der Waals surface area contributed by atoms with Crippen molar-refractivity contribution in [1.82, 2.24) is 15.5 Å². The summed E-state index contributed by atoms with van der Waals surface area (Å²) in [7, 11) is 3.45. The molecule has 1 saturated heterocycles. The molecule has 0 unspecified atom stereocenters. The number of guanidine groups is 1. The van der Waals surface area contributed by atoms with Crippen molar-refractivity contribution >= 4 is 11.9 Å². The molecule has 0 saturated carbocycles. The molecule has 1 fully saturated rings. The van der Waals surface area contributed by atoms with E-state index in [0.29, 0.717) is 19.5 Å². The molecular formula is C23H30N4O2. The van der Waals surface area contributed by atoms with Gasteiger partial charge >= 0.3 is 0 Å². The van der Waals surface area contributed by atoms with Gasteiger partial charge in [0.1, 0.15) is 5.75 Å². The van der Waals surface area contributed by atoms with Gasteiger partial charge in [-0.1, -0.05) is 36.4 Å². The van der Waals surface area contributed by atoms with Gasteiger partial charge in [0.25, 0.3) is 0 Å². The van der Waals surface area contributed by atoms with Crippen molar-refractivity contribution in [3.8, 4) is 5.75 Å². The van der Waals surface area contributed by atoms with Gasteiger partial charge in [0.2, 0.25) is 5.91 Å². The lowest BCUT2D eigenvalue weighted by molar-refractivity contribution is -0.128. The monoisotopic (exact) mass is 394 g/mol. The van der Waals surface area contributed by atoms with Crippen LogP contribution in [0.4, 0.5) is 0 Å². The van der Waals surface area contributed by atoms with Crippen LogP contribution in [0.2, 0.25) is 0 Å². The van der Waals surface area contributed by atoms with E-state index < -0.39 is 0 Å². The fraction of sp³-hybridized carbons (Fsp3) is 0.391. The maximum absolute atomic E-state index is 11.8. The molecule has 1 aliphatic heterocycles. The molecule has 0 aliphatic carbocycles. The Hall–Kier alpha value is -3.02. The highest BCUT2D eigenvalue weighted by molar-refractivity contribution is 5.79. The highest BCUT2D eigenvalue weighted by Crippen LogP contribution is 2.15. The fourth-order valence-corrected chi connectivity index (χ4v) is 3.38. The van der Waals surface area contributed by atoms with Crippen LogP contribution in [0.1, 0.15) is 29.5 Å². The van der Waals surface area contributed by atoms with E-state index in [9.17, 15) is 4.79 Å². The number of nitrogens with zero attached hydrogens (tertiary/aromatic N) is 2. The second-order valence-corrected chi connectivity index (χ2v) is 7.19. The van der Waals surface area contributed by atoms with Gasteiger partial charge in [0.15, 0.2) is 5.96 Å². The number of aliphatic imine (C=N–C) groups is 1. The third kappa shape index (κ3) is 6.24. The minimum Gasteiger partial charge on any atom is -0.497 e. The molecule has 2 N–H and O–H groups in total. The minimum absolute atomic E-state index is 0.264. The molecule has 2 aromatic carbocycles. The van der Waals surface area contributed by atoms with Crippen molar-refractivity contribution in [3.05, 3.63) is 65.2 Å². The Balaban J connectivity index is 1.41. The summed E-state index contributed by atoms with van der Waals surface area (Å²) in [5.41, 5.74) is 3.60. The van der Waals surface area contributed by atoms with Gasteiger partial charge in [0, 0.05) is 39.6 Å². The third-order valence-electron chi connectivity index (χ3n) is 5.12. The lowest BCUT2D eigenvalue weighted by Gasteiger charge is -2.16. The molecule has 6 heteroatoms. The highest BCUT2D eigenvalue weighted by atomic mass is 16.5. The summed E-state index contributed by atoms with van der Waals surface area (Å²) >= 11 is 0. The Morgan fingerprint density at radius 1 is 1.03 bits per heavy atom. The molecular weight excluding hydrogens is 364 g/mol. The van der Waals surface area contributed by atoms with Gasteiger partial charge in [-0.05, 0) is 41.7 Å². The molecule has 1 heterocycles. The van der Waals surface area contributed by atoms with Gasteiger partial charge in [-0.3, -0.25) is 9.79 Å². The number of benzene rings is 2. The van der Waals surface area contributed by atoms with Gasteiger partial charge in [0.05, 0.1) is 7.11 Å². The summed E-state index contributed by atoms with van der Waals surface area (Å²) in [6.07, 6.45) is 2.58. The Labute approximate surface area is 173 Å². The Morgan fingerprint density at radius 3 is 2.34 bits per heavy atom. The average molecular weight is 395 g/mol. The number of likely N-dealkylation sites (tertiary alicyclic amines) is 1. The zero-order chi connectivity index (χ0) is 20.5. The first-order chi connectivity index (χ1) is 14.2. The molecule has 0 atom stereocenters. The maximum Gasteiger partial charge on any atom is 0.222 e. The second kappa shape index (κ2) is 10.5. The molecule has 0 radical (unpaired) electrons. The SMILES string of the molecule is CN=C(NCCc1ccc(OC)cc1)NCc1ccc(CN2CCCC2=O)cc1. The van der Waals surface area contributed by atoms with Gasteiger partial charge in [-0.25, -0.2) is 0 Å². The van der Waals surface area contributed by atoms with Crippen LogP contribution < -0.4 is 15.4 Å². The van der Waals surface area contributed by atoms with Crippen molar-refractivity contribution < 1.29 is 9.53 Å². The molecule has 1 amide bonds. The lowest BCUT2D eigenvalue weighted by Crippen LogP contribution is -2.37. The summed E-state index contributed by atoms with van der Waals surface area (Å²) in [6, 6.07) is 16.5. The van der Waals surface area contributed by atoms with Crippen molar-refractivity contribution in [2.24, 2.45) is 4.99 Å². The third-order valence-corrected chi connectivity index (χ3v) is 5.12. The van der Waals surface area contributed by atoms with Crippen LogP contribution in [0.25, 0.3) is 0 Å². The lowest BCUT2D eigenvalue weighted by atomic mass is 10.1. The average Bonchev–Trinajstić information content (AvgIpc) is 3.16. The predicted molar refractivity (Wildman–Crippen MR) is 116 cm³/mol. The molecule has 2 aromatic rings. The van der Waals surface area contributed by atoms with Crippen LogP contribution in [0.3, 0.4) is 0 Å². The van der Waals surface area contributed by atoms with Crippen LogP contribution in [-0.2, 0) is 24.3 Å². The van der Waals surface area contributed by atoms with Gasteiger partial charge in [-0.2, -0.15) is 0 Å². The van der Waals surface area contributed by atoms with E-state index >= 15 is 0 Å². The fourth-order valence-electron chi connectivity index (χ4n) is 3.38. The summed E-state index contributed by atoms with van der Waals surface area (Å²) in [5.74, 6) is 1.92. The molecule has 0 spiro atoms. The summed E-state index contributed by atoms with van der Waals surface area (Å²) in [5, 5.41) is 6.69. The molecule has 0 bridgehead atoms. The Bertz CT molecular complexity index is 816. The zero-order valence-electron chi connectivity index (χ0n) is 17.3. The number of hydrogen-bond acceptors (Lipinski definition) is 3. The van der Waals surface area contributed by atoms with Crippen LogP contribution in [0.15, 0.2) is 53.5 Å². The van der Waals surface area contributed by atoms with Crippen LogP contribution in [0.5, 0.6) is 5.75 Å². The van der Waals surface area contributed by atoms with Gasteiger partial charge < -0.3 is 20.3 Å². The van der Waals surface area contributed by atoms with Crippen LogP contribution in [-0.4, -0.2) is 44.0 Å². The molecule has 29 heavy (non-hydrogen) atoms. The molecule has 0 aromatic heterocycles. The van der Waals surface area contributed by atoms with Gasteiger partial charge in [-0.15, -0.1) is 0 Å². The van der Waals surface area contributed by atoms with Crippen molar-refractivity contribution in [2.45, 2.75) is 32.4 Å². The Kier molecular flexibility index (Phi) is 7.50. The van der Waals surface area contributed by atoms with E-state index in [0.717, 1.165) is 37.6 Å². The minimum atomic E-state index is 0.264. The first kappa shape index (κ1) is 20.7. The van der Waals surface area contributed by atoms with E-state index in [1.165, 1.54) is 16.7 Å². The smallest absolute Gasteiger partial charge is 0.222 e. The van der Waals surface area contributed by atoms with E-state index in [1.54, 1.807) is 14.2 Å². The maximum atomic E-state index is 11.8. The predicted octanol–water partition coefficient (Wildman–Crippen LogP) is 2.73. The first-order valence-corrected chi connectivity index (χ1v) is 10.1. The largest absolute Gasteiger partial charge is 0.497 e. The van der Waals surface area contributed by atoms with Crippen molar-refractivity contribution in [1.29, 1.82) is 0 Å². The number of methoxy groups -OCH3 is 1. The highest BCUT2D eigenvalue weighted by Gasteiger charge is 2.19. The second-order valence-electron chi connectivity index (χ2n) is 7.19. The summed E-state index contributed by atoms with van der Waals surface area (Å²) in [4.78, 5) is 18.0. The topological polar surface area (TPSA) is 66.0 Å². The number of ether oxygens (including phenoxy) is 1. The zero-order valence-corrected chi connectivity index (χ0v) is 17.3. The number of carbonyl (C=O) groups is 1. The van der Waals surface area contributed by atoms with E-state index in [2.05, 4.69) is 52.0 Å². The van der Waals surface area contributed by atoms with Crippen molar-refractivity contribution in [2.75, 3.05) is 27.2 Å². The molecule has 3 rings (SSSR count). The number of rotatable bonds is 8. The summed E-state index contributed by atoms with van der Waals surface area (Å²) < 4.78 is 5.19. The molecule has 1 aliphatic rings. The number of carbonyl (C=O) groups excluding carboxylic acids is 1. The quantitative estimate of drug-likeness (QED) is 0.534. The van der Waals surface area contributed by atoms with E-state index in [1.807, 2.05) is 17.0 Å². The van der Waals surface area contributed by atoms with E-state index in [4.69, 9.17) is 4.74 Å². The van der Waals surface area contributed by atoms with E-state index in [-0.39, 0.29) is 5.91 Å². The molecule has 6 nitrogen and oxygen atoms in total. The molecule has 154 valence electrons. The van der Waals surface area contributed by atoms with Crippen molar-refractivity contribution in [3.63, 3.8) is 0 Å². The summed E-state index contributed by atoms with van der Waals surface area (Å²) in [6.45, 7) is 3.09. The number of amides is 1. The normalized spacial score (nSPS) is 14.2. The first-order valence-electron chi connectivity index (χ1n) is 10.1. The number of hydrogen-bond donors (Lipinski definition) is 2. The van der Waals surface area contributed by atoms with Crippen LogP contribution in [0, 0.1) is 0 Å². The van der Waals surface area contributed by atoms with Crippen LogP contribution >= 0.6 is 0 Å². The number of nitrogens with one attached hydrogen (secondary N) is 2. The Morgan fingerprint density at radius 2 is 1.72 bits per heavy atom.